The van der Waals surface area contributed by atoms with Crippen LogP contribution < -0.4 is 10.2 Å². The van der Waals surface area contributed by atoms with Crippen LogP contribution in [0.3, 0.4) is 0 Å². The van der Waals surface area contributed by atoms with E-state index in [9.17, 15) is 4.79 Å². The van der Waals surface area contributed by atoms with Gasteiger partial charge in [0.25, 0.3) is 5.91 Å². The first-order chi connectivity index (χ1) is 10.2. The lowest BCUT2D eigenvalue weighted by atomic mass is 10.2. The lowest BCUT2D eigenvalue weighted by Crippen LogP contribution is -2.18. The van der Waals surface area contributed by atoms with Crippen molar-refractivity contribution in [2.75, 3.05) is 6.61 Å². The summed E-state index contributed by atoms with van der Waals surface area (Å²) in [6.07, 6.45) is 4.86. The van der Waals surface area contributed by atoms with Crippen molar-refractivity contribution in [2.45, 2.75) is 6.92 Å². The van der Waals surface area contributed by atoms with E-state index >= 15 is 0 Å². The van der Waals surface area contributed by atoms with Crippen LogP contribution >= 0.6 is 15.9 Å². The zero-order valence-corrected chi connectivity index (χ0v) is 13.0. The first-order valence-corrected chi connectivity index (χ1v) is 7.15. The third-order valence-electron chi connectivity index (χ3n) is 2.55. The molecule has 0 saturated heterocycles. The molecule has 0 unspecified atom stereocenters. The highest BCUT2D eigenvalue weighted by Gasteiger charge is 2.12. The molecule has 0 spiro atoms. The van der Waals surface area contributed by atoms with Crippen LogP contribution in [0.4, 0.5) is 0 Å². The molecule has 0 radical (unpaired) electrons. The molecule has 108 valence electrons. The van der Waals surface area contributed by atoms with Crippen molar-refractivity contribution in [1.82, 2.24) is 10.4 Å². The van der Waals surface area contributed by atoms with Gasteiger partial charge in [0.1, 0.15) is 5.75 Å². The topological polar surface area (TPSA) is 63.6 Å². The van der Waals surface area contributed by atoms with Crippen LogP contribution in [0.5, 0.6) is 5.75 Å². The third-order valence-corrected chi connectivity index (χ3v) is 3.04. The molecule has 1 aromatic heterocycles. The molecule has 6 heteroatoms. The van der Waals surface area contributed by atoms with Crippen LogP contribution in [-0.2, 0) is 0 Å². The molecular formula is C15H14BrN3O2. The highest BCUT2D eigenvalue weighted by Crippen LogP contribution is 2.23. The molecule has 5 nitrogen and oxygen atoms in total. The van der Waals surface area contributed by atoms with Crippen molar-refractivity contribution in [2.24, 2.45) is 5.10 Å². The van der Waals surface area contributed by atoms with Crippen molar-refractivity contribution in [3.63, 3.8) is 0 Å². The third kappa shape index (κ3) is 4.39. The average molecular weight is 348 g/mol. The maximum atomic E-state index is 12.1. The molecule has 1 amide bonds. The second-order valence-electron chi connectivity index (χ2n) is 4.06. The fourth-order valence-corrected chi connectivity index (χ4v) is 2.00. The first kappa shape index (κ1) is 15.2. The molecule has 1 N–H and O–H groups in total. The number of nitrogens with zero attached hydrogens (tertiary/aromatic N) is 2. The van der Waals surface area contributed by atoms with Gasteiger partial charge in [0.05, 0.1) is 18.4 Å². The summed E-state index contributed by atoms with van der Waals surface area (Å²) < 4.78 is 6.23. The van der Waals surface area contributed by atoms with Crippen molar-refractivity contribution in [1.29, 1.82) is 0 Å². The summed E-state index contributed by atoms with van der Waals surface area (Å²) in [4.78, 5) is 16.1. The molecule has 0 bridgehead atoms. The zero-order valence-electron chi connectivity index (χ0n) is 11.4. The number of pyridine rings is 1. The lowest BCUT2D eigenvalue weighted by Gasteiger charge is -2.09. The second-order valence-corrected chi connectivity index (χ2v) is 4.97. The lowest BCUT2D eigenvalue weighted by molar-refractivity contribution is 0.0951. The van der Waals surface area contributed by atoms with E-state index in [4.69, 9.17) is 4.74 Å². The Hall–Kier alpha value is -2.21. The molecule has 0 aliphatic carbocycles. The normalized spacial score (nSPS) is 10.6. The summed E-state index contributed by atoms with van der Waals surface area (Å²) in [5.41, 5.74) is 3.70. The highest BCUT2D eigenvalue weighted by molar-refractivity contribution is 9.10. The number of ether oxygens (including phenoxy) is 1. The van der Waals surface area contributed by atoms with Gasteiger partial charge >= 0.3 is 0 Å². The summed E-state index contributed by atoms with van der Waals surface area (Å²) in [6.45, 7) is 2.35. The van der Waals surface area contributed by atoms with Crippen LogP contribution in [0.1, 0.15) is 22.8 Å². The minimum absolute atomic E-state index is 0.333. The molecule has 0 aliphatic rings. The van der Waals surface area contributed by atoms with E-state index in [1.54, 1.807) is 30.6 Å². The standard InChI is InChI=1S/C15H14BrN3O2/c1-2-21-14-6-5-12(16)8-13(14)15(20)19-18-10-11-4-3-7-17-9-11/h3-10H,2H2,1H3,(H,19,20)/b18-10-. The number of nitrogens with one attached hydrogen (secondary N) is 1. The van der Waals surface area contributed by atoms with Crippen LogP contribution in [0.2, 0.25) is 0 Å². The number of carbonyl (C=O) groups excluding carboxylic acids is 1. The van der Waals surface area contributed by atoms with Gasteiger partial charge in [-0.05, 0) is 31.2 Å². The summed E-state index contributed by atoms with van der Waals surface area (Å²) in [5.74, 6) is 0.190. The fraction of sp³-hybridized carbons (Fsp3) is 0.133. The molecule has 2 rings (SSSR count). The Morgan fingerprint density at radius 2 is 2.33 bits per heavy atom. The number of rotatable bonds is 5. The van der Waals surface area contributed by atoms with Gasteiger partial charge in [-0.1, -0.05) is 22.0 Å². The summed E-state index contributed by atoms with van der Waals surface area (Å²) in [7, 11) is 0. The molecule has 0 saturated carbocycles. The van der Waals surface area contributed by atoms with E-state index < -0.39 is 0 Å². The maximum Gasteiger partial charge on any atom is 0.275 e. The minimum atomic E-state index is -0.333. The van der Waals surface area contributed by atoms with Gasteiger partial charge in [0.15, 0.2) is 0 Å². The van der Waals surface area contributed by atoms with E-state index in [2.05, 4.69) is 31.4 Å². The summed E-state index contributed by atoms with van der Waals surface area (Å²) in [5, 5.41) is 3.91. The summed E-state index contributed by atoms with van der Waals surface area (Å²) in [6, 6.07) is 8.89. The van der Waals surface area contributed by atoms with E-state index in [1.807, 2.05) is 19.1 Å². The average Bonchev–Trinajstić information content (AvgIpc) is 2.50. The molecule has 1 aromatic carbocycles. The predicted octanol–water partition coefficient (Wildman–Crippen LogP) is 3.01. The molecule has 21 heavy (non-hydrogen) atoms. The van der Waals surface area contributed by atoms with Crippen molar-refractivity contribution in [3.05, 3.63) is 58.3 Å². The van der Waals surface area contributed by atoms with Gasteiger partial charge < -0.3 is 4.74 Å². The Kier molecular flexibility index (Phi) is 5.45. The Balaban J connectivity index is 2.09. The summed E-state index contributed by atoms with van der Waals surface area (Å²) >= 11 is 3.34. The molecule has 2 aromatic rings. The van der Waals surface area contributed by atoms with Crippen LogP contribution in [0, 0.1) is 0 Å². The minimum Gasteiger partial charge on any atom is -0.493 e. The highest BCUT2D eigenvalue weighted by atomic mass is 79.9. The van der Waals surface area contributed by atoms with Crippen molar-refractivity contribution >= 4 is 28.1 Å². The Labute approximate surface area is 131 Å². The number of benzene rings is 1. The molecule has 0 fully saturated rings. The molecular weight excluding hydrogens is 334 g/mol. The first-order valence-electron chi connectivity index (χ1n) is 6.36. The number of amides is 1. The number of hydrogen-bond acceptors (Lipinski definition) is 4. The van der Waals surface area contributed by atoms with E-state index in [-0.39, 0.29) is 5.91 Å². The largest absolute Gasteiger partial charge is 0.493 e. The van der Waals surface area contributed by atoms with Crippen LogP contribution in [-0.4, -0.2) is 23.7 Å². The predicted molar refractivity (Wildman–Crippen MR) is 84.6 cm³/mol. The molecule has 1 heterocycles. The van der Waals surface area contributed by atoms with Crippen LogP contribution in [0.15, 0.2) is 52.3 Å². The number of aromatic nitrogens is 1. The fourth-order valence-electron chi connectivity index (χ4n) is 1.64. The maximum absolute atomic E-state index is 12.1. The van der Waals surface area contributed by atoms with Gasteiger partial charge in [-0.15, -0.1) is 0 Å². The van der Waals surface area contributed by atoms with Crippen molar-refractivity contribution in [3.8, 4) is 5.75 Å². The van der Waals surface area contributed by atoms with Crippen LogP contribution in [0.25, 0.3) is 0 Å². The number of hydrogen-bond donors (Lipinski definition) is 1. The Morgan fingerprint density at radius 3 is 3.05 bits per heavy atom. The van der Waals surface area contributed by atoms with Gasteiger partial charge in [0.2, 0.25) is 0 Å². The monoisotopic (exact) mass is 347 g/mol. The second kappa shape index (κ2) is 7.54. The SMILES string of the molecule is CCOc1ccc(Br)cc1C(=O)N/N=C\c1cccnc1. The Morgan fingerprint density at radius 1 is 1.48 bits per heavy atom. The van der Waals surface area contributed by atoms with Crippen molar-refractivity contribution < 1.29 is 9.53 Å². The van der Waals surface area contributed by atoms with Gasteiger partial charge in [-0.25, -0.2) is 5.43 Å². The molecule has 0 atom stereocenters. The van der Waals surface area contributed by atoms with E-state index in [0.29, 0.717) is 17.9 Å². The van der Waals surface area contributed by atoms with Gasteiger partial charge in [0, 0.05) is 22.4 Å². The molecule has 0 aliphatic heterocycles. The smallest absolute Gasteiger partial charge is 0.275 e. The number of halogens is 1. The van der Waals surface area contributed by atoms with Gasteiger partial charge in [-0.3, -0.25) is 9.78 Å². The Bertz CT molecular complexity index is 645. The quantitative estimate of drug-likeness (QED) is 0.667. The van der Waals surface area contributed by atoms with Gasteiger partial charge in [-0.2, -0.15) is 5.10 Å². The zero-order chi connectivity index (χ0) is 15.1. The number of hydrazone groups is 1. The van der Waals surface area contributed by atoms with E-state index in [1.165, 1.54) is 6.21 Å². The van der Waals surface area contributed by atoms with E-state index in [0.717, 1.165) is 10.0 Å². The number of carbonyl (C=O) groups is 1.